The van der Waals surface area contributed by atoms with Crippen LogP contribution in [0.5, 0.6) is 0 Å². The molecule has 4 aromatic rings. The molecule has 0 radical (unpaired) electrons. The number of carbonyl (C=O) groups is 4. The number of hydrogen-bond acceptors (Lipinski definition) is 6. The van der Waals surface area contributed by atoms with Crippen LogP contribution in [0.25, 0.3) is 22.0 Å². The van der Waals surface area contributed by atoms with Gasteiger partial charge in [-0.1, -0.05) is 30.8 Å². The summed E-state index contributed by atoms with van der Waals surface area (Å²) in [6, 6.07) is 17.7. The summed E-state index contributed by atoms with van der Waals surface area (Å²) in [6.45, 7) is 11.1. The Balaban J connectivity index is 1.59. The lowest BCUT2D eigenvalue weighted by molar-refractivity contribution is -0.114. The van der Waals surface area contributed by atoms with Crippen LogP contribution in [0.3, 0.4) is 0 Å². The van der Waals surface area contributed by atoms with Crippen molar-refractivity contribution in [2.45, 2.75) is 39.8 Å². The highest BCUT2D eigenvalue weighted by Crippen LogP contribution is 2.37. The first-order valence-electron chi connectivity index (χ1n) is 13.4. The van der Waals surface area contributed by atoms with E-state index in [1.165, 1.54) is 9.58 Å². The highest BCUT2D eigenvalue weighted by atomic mass is 16.6. The predicted molar refractivity (Wildman–Crippen MR) is 159 cm³/mol. The summed E-state index contributed by atoms with van der Waals surface area (Å²) in [4.78, 5) is 52.4. The molecule has 0 unspecified atom stereocenters. The molecule has 214 valence electrons. The smallest absolute Gasteiger partial charge is 0.435 e. The maximum Gasteiger partial charge on any atom is 0.435 e. The van der Waals surface area contributed by atoms with E-state index in [1.54, 1.807) is 64.1 Å². The van der Waals surface area contributed by atoms with Crippen LogP contribution in [-0.4, -0.2) is 50.6 Å². The van der Waals surface area contributed by atoms with Crippen LogP contribution >= 0.6 is 0 Å². The van der Waals surface area contributed by atoms with Crippen LogP contribution in [0, 0.1) is 6.92 Å². The number of ether oxygens (including phenoxy) is 1. The Morgan fingerprint density at radius 1 is 1.05 bits per heavy atom. The molecule has 2 heterocycles. The minimum absolute atomic E-state index is 0.0191. The molecule has 0 atom stereocenters. The second kappa shape index (κ2) is 10.6. The maximum atomic E-state index is 13.5. The Hall–Kier alpha value is -5.25. The first-order chi connectivity index (χ1) is 19.8. The van der Waals surface area contributed by atoms with Crippen molar-refractivity contribution in [2.75, 3.05) is 11.9 Å². The summed E-state index contributed by atoms with van der Waals surface area (Å²) in [5, 5.41) is 8.05. The topological polar surface area (TPSA) is 137 Å². The second-order valence-corrected chi connectivity index (χ2v) is 11.2. The summed E-state index contributed by atoms with van der Waals surface area (Å²) in [6.07, 6.45) is -0.587. The lowest BCUT2D eigenvalue weighted by Gasteiger charge is -2.19. The van der Waals surface area contributed by atoms with Gasteiger partial charge in [0.2, 0.25) is 5.91 Å². The molecular weight excluding hydrogens is 534 g/mol. The number of nitrogens with one attached hydrogen (secondary N) is 1. The van der Waals surface area contributed by atoms with E-state index in [0.29, 0.717) is 33.6 Å². The number of fused-ring (bicyclic) bond motifs is 2. The molecule has 0 saturated heterocycles. The zero-order valence-corrected chi connectivity index (χ0v) is 23.9. The van der Waals surface area contributed by atoms with E-state index in [2.05, 4.69) is 17.0 Å². The van der Waals surface area contributed by atoms with E-state index >= 15 is 0 Å². The molecule has 10 heteroatoms. The van der Waals surface area contributed by atoms with Gasteiger partial charge in [-0.25, -0.2) is 4.79 Å². The number of anilines is 1. The lowest BCUT2D eigenvalue weighted by Crippen LogP contribution is -2.30. The fraction of sp³-hybridized carbons (Fsp3) is 0.219. The van der Waals surface area contributed by atoms with E-state index in [1.807, 2.05) is 24.3 Å². The van der Waals surface area contributed by atoms with Crippen LogP contribution in [0.15, 0.2) is 72.8 Å². The molecule has 1 aromatic heterocycles. The minimum Gasteiger partial charge on any atom is -0.442 e. The van der Waals surface area contributed by atoms with Crippen molar-refractivity contribution in [1.29, 1.82) is 0 Å². The number of hydrogen-bond donors (Lipinski definition) is 2. The maximum absolute atomic E-state index is 13.5. The van der Waals surface area contributed by atoms with Crippen molar-refractivity contribution in [3.05, 3.63) is 95.2 Å². The Kier molecular flexibility index (Phi) is 7.15. The van der Waals surface area contributed by atoms with Crippen LogP contribution in [0.4, 0.5) is 10.5 Å². The number of nitrogens with two attached hydrogens (primary N) is 1. The average Bonchev–Trinajstić information content (AvgIpc) is 3.43. The van der Waals surface area contributed by atoms with Crippen molar-refractivity contribution in [1.82, 2.24) is 14.7 Å². The summed E-state index contributed by atoms with van der Waals surface area (Å²) in [5.41, 5.74) is 9.50. The summed E-state index contributed by atoms with van der Waals surface area (Å²) >= 11 is 0. The zero-order chi connectivity index (χ0) is 30.3. The molecule has 0 fully saturated rings. The molecule has 3 amide bonds. The van der Waals surface area contributed by atoms with Gasteiger partial charge in [-0.05, 0) is 80.8 Å². The number of nitrogens with zero attached hydrogens (tertiary/aromatic N) is 3. The minimum atomic E-state index is -0.688. The number of rotatable bonds is 6. The first-order valence-corrected chi connectivity index (χ1v) is 13.4. The third-order valence-corrected chi connectivity index (χ3v) is 6.88. The molecule has 42 heavy (non-hydrogen) atoms. The van der Waals surface area contributed by atoms with Crippen LogP contribution < -0.4 is 11.1 Å². The van der Waals surface area contributed by atoms with Gasteiger partial charge < -0.3 is 20.7 Å². The Morgan fingerprint density at radius 2 is 1.74 bits per heavy atom. The third-order valence-electron chi connectivity index (χ3n) is 6.88. The van der Waals surface area contributed by atoms with Crippen molar-refractivity contribution in [3.63, 3.8) is 0 Å². The van der Waals surface area contributed by atoms with Crippen LogP contribution in [-0.2, 0) is 16.1 Å². The van der Waals surface area contributed by atoms with Gasteiger partial charge in [0.05, 0.1) is 17.8 Å². The monoisotopic (exact) mass is 565 g/mol. The van der Waals surface area contributed by atoms with Gasteiger partial charge in [-0.15, -0.1) is 0 Å². The summed E-state index contributed by atoms with van der Waals surface area (Å²) < 4.78 is 6.76. The van der Waals surface area contributed by atoms with Gasteiger partial charge in [-0.3, -0.25) is 14.4 Å². The van der Waals surface area contributed by atoms with Crippen molar-refractivity contribution in [2.24, 2.45) is 5.73 Å². The van der Waals surface area contributed by atoms with Gasteiger partial charge in [0.1, 0.15) is 5.60 Å². The molecular formula is C32H31N5O5. The van der Waals surface area contributed by atoms with Crippen LogP contribution in [0.1, 0.15) is 52.7 Å². The fourth-order valence-electron chi connectivity index (χ4n) is 4.90. The molecule has 0 spiro atoms. The molecule has 10 nitrogen and oxygen atoms in total. The summed E-state index contributed by atoms with van der Waals surface area (Å²) in [7, 11) is 0. The van der Waals surface area contributed by atoms with Crippen LogP contribution in [0.2, 0.25) is 0 Å². The number of aromatic nitrogens is 2. The largest absolute Gasteiger partial charge is 0.442 e. The molecule has 0 aliphatic carbocycles. The molecule has 1 aliphatic heterocycles. The van der Waals surface area contributed by atoms with Crippen molar-refractivity contribution in [3.8, 4) is 11.1 Å². The average molecular weight is 566 g/mol. The van der Waals surface area contributed by atoms with Crippen molar-refractivity contribution < 1.29 is 23.9 Å². The van der Waals surface area contributed by atoms with Gasteiger partial charge >= 0.3 is 6.09 Å². The Bertz CT molecular complexity index is 1780. The predicted octanol–water partition coefficient (Wildman–Crippen LogP) is 5.04. The highest BCUT2D eigenvalue weighted by Gasteiger charge is 2.32. The van der Waals surface area contributed by atoms with E-state index in [0.717, 1.165) is 16.5 Å². The van der Waals surface area contributed by atoms with E-state index in [9.17, 15) is 19.2 Å². The number of primary amides is 1. The molecule has 5 rings (SSSR count). The molecule has 1 aliphatic rings. The zero-order valence-electron chi connectivity index (χ0n) is 23.9. The SMILES string of the molecule is C=C(CN1Cc2c(cc(NC(=O)c3ccccc3)cc2-c2ccc3c(c2)c(C)nn3C(=O)OC(C)(C)C)C1=O)C(N)=O. The van der Waals surface area contributed by atoms with E-state index < -0.39 is 17.6 Å². The fourth-order valence-corrected chi connectivity index (χ4v) is 4.90. The van der Waals surface area contributed by atoms with Crippen molar-refractivity contribution >= 4 is 40.4 Å². The highest BCUT2D eigenvalue weighted by molar-refractivity contribution is 6.07. The lowest BCUT2D eigenvalue weighted by atomic mass is 9.94. The van der Waals surface area contributed by atoms with Gasteiger partial charge in [0.25, 0.3) is 11.8 Å². The number of carbonyl (C=O) groups excluding carboxylic acids is 4. The Labute approximate surface area is 242 Å². The summed E-state index contributed by atoms with van der Waals surface area (Å²) in [5.74, 6) is -1.31. The number of benzene rings is 3. The van der Waals surface area contributed by atoms with Gasteiger partial charge in [-0.2, -0.15) is 9.78 Å². The van der Waals surface area contributed by atoms with E-state index in [4.69, 9.17) is 10.5 Å². The molecule has 0 bridgehead atoms. The standard InChI is InChI=1S/C32H31N5O5/c1-18(28(33)38)16-36-17-26-24(14-22(15-25(26)30(36)40)34-29(39)20-9-7-6-8-10-20)21-11-12-27-23(13-21)19(2)35-37(27)31(41)42-32(3,4)5/h6-15H,1,16-17H2,2-5H3,(H2,33,38)(H,34,39). The molecule has 0 saturated carbocycles. The number of aryl methyl sites for hydroxylation is 1. The Morgan fingerprint density at radius 3 is 2.40 bits per heavy atom. The number of amides is 3. The van der Waals surface area contributed by atoms with Gasteiger partial charge in [0.15, 0.2) is 0 Å². The molecule has 3 N–H and O–H groups in total. The first kappa shape index (κ1) is 28.3. The second-order valence-electron chi connectivity index (χ2n) is 11.2. The third kappa shape index (κ3) is 5.51. The molecule has 3 aromatic carbocycles. The van der Waals surface area contributed by atoms with E-state index in [-0.39, 0.29) is 30.5 Å². The van der Waals surface area contributed by atoms with Gasteiger partial charge in [0, 0.05) is 34.3 Å². The quantitative estimate of drug-likeness (QED) is 0.314. The normalized spacial score (nSPS) is 12.8.